The van der Waals surface area contributed by atoms with Gasteiger partial charge in [-0.2, -0.15) is 4.31 Å². The van der Waals surface area contributed by atoms with Gasteiger partial charge < -0.3 is 4.74 Å². The van der Waals surface area contributed by atoms with Crippen molar-refractivity contribution in [3.05, 3.63) is 29.0 Å². The second-order valence-electron chi connectivity index (χ2n) is 3.95. The first-order valence-corrected chi connectivity index (χ1v) is 7.36. The molecule has 1 aromatic carbocycles. The third-order valence-corrected chi connectivity index (χ3v) is 4.89. The molecule has 2 rings (SSSR count). The molecule has 18 heavy (non-hydrogen) atoms. The number of ether oxygens (including phenoxy) is 1. The van der Waals surface area contributed by atoms with Gasteiger partial charge in [-0.3, -0.25) is 0 Å². The standard InChI is InChI=1S/C11H13ClFNO3S/c12-10-8-9(2-3-11(10)13)18(15,16)14-4-1-6-17-7-5-14/h2-3,8H,1,4-7H2. The molecule has 0 N–H and O–H groups in total. The Kier molecular flexibility index (Phi) is 4.21. The van der Waals surface area contributed by atoms with Crippen LogP contribution in [-0.4, -0.2) is 39.0 Å². The molecule has 0 spiro atoms. The fourth-order valence-corrected chi connectivity index (χ4v) is 3.48. The molecule has 1 heterocycles. The van der Waals surface area contributed by atoms with Crippen LogP contribution in [0.5, 0.6) is 0 Å². The number of sulfonamides is 1. The lowest BCUT2D eigenvalue weighted by molar-refractivity contribution is 0.148. The first kappa shape index (κ1) is 13.7. The molecular formula is C11H13ClFNO3S. The smallest absolute Gasteiger partial charge is 0.243 e. The van der Waals surface area contributed by atoms with E-state index in [4.69, 9.17) is 16.3 Å². The van der Waals surface area contributed by atoms with Gasteiger partial charge >= 0.3 is 0 Å². The highest BCUT2D eigenvalue weighted by atomic mass is 35.5. The minimum Gasteiger partial charge on any atom is -0.380 e. The van der Waals surface area contributed by atoms with Crippen molar-refractivity contribution in [3.8, 4) is 0 Å². The van der Waals surface area contributed by atoms with Crippen LogP contribution in [0.25, 0.3) is 0 Å². The maximum absolute atomic E-state index is 13.0. The van der Waals surface area contributed by atoms with Gasteiger partial charge in [0.25, 0.3) is 0 Å². The van der Waals surface area contributed by atoms with Crippen molar-refractivity contribution < 1.29 is 17.5 Å². The second-order valence-corrected chi connectivity index (χ2v) is 6.29. The lowest BCUT2D eigenvalue weighted by Gasteiger charge is -2.19. The lowest BCUT2D eigenvalue weighted by Crippen LogP contribution is -2.33. The zero-order valence-corrected chi connectivity index (χ0v) is 11.2. The van der Waals surface area contributed by atoms with Crippen molar-refractivity contribution in [2.24, 2.45) is 0 Å². The molecular weight excluding hydrogens is 281 g/mol. The Morgan fingerprint density at radius 2 is 2.06 bits per heavy atom. The van der Waals surface area contributed by atoms with Crippen LogP contribution in [-0.2, 0) is 14.8 Å². The summed E-state index contributed by atoms with van der Waals surface area (Å²) in [4.78, 5) is 0.0100. The number of rotatable bonds is 2. The summed E-state index contributed by atoms with van der Waals surface area (Å²) < 4.78 is 44.2. The number of hydrogen-bond acceptors (Lipinski definition) is 3. The fourth-order valence-electron chi connectivity index (χ4n) is 1.75. The topological polar surface area (TPSA) is 46.6 Å². The summed E-state index contributed by atoms with van der Waals surface area (Å²) in [6.45, 7) is 1.62. The summed E-state index contributed by atoms with van der Waals surface area (Å²) in [5.74, 6) is -0.630. The summed E-state index contributed by atoms with van der Waals surface area (Å²) in [5, 5.41) is -0.192. The highest BCUT2D eigenvalue weighted by Gasteiger charge is 2.25. The fraction of sp³-hybridized carbons (Fsp3) is 0.455. The monoisotopic (exact) mass is 293 g/mol. The maximum atomic E-state index is 13.0. The predicted molar refractivity (Wildman–Crippen MR) is 65.6 cm³/mol. The molecule has 1 saturated heterocycles. The molecule has 0 radical (unpaired) electrons. The van der Waals surface area contributed by atoms with Crippen LogP contribution in [0.1, 0.15) is 6.42 Å². The van der Waals surface area contributed by atoms with E-state index in [1.165, 1.54) is 10.4 Å². The van der Waals surface area contributed by atoms with E-state index in [0.29, 0.717) is 32.7 Å². The Hall–Kier alpha value is -0.690. The summed E-state index contributed by atoms with van der Waals surface area (Å²) >= 11 is 5.61. The zero-order valence-electron chi connectivity index (χ0n) is 9.60. The Bertz CT molecular complexity index is 527. The third kappa shape index (κ3) is 2.83. The van der Waals surface area contributed by atoms with Crippen LogP contribution in [0.4, 0.5) is 4.39 Å². The van der Waals surface area contributed by atoms with E-state index in [1.807, 2.05) is 0 Å². The van der Waals surface area contributed by atoms with Gasteiger partial charge in [-0.15, -0.1) is 0 Å². The predicted octanol–water partition coefficient (Wildman–Crippen LogP) is 1.89. The summed E-state index contributed by atoms with van der Waals surface area (Å²) in [6, 6.07) is 3.42. The number of nitrogens with zero attached hydrogens (tertiary/aromatic N) is 1. The van der Waals surface area contributed by atoms with E-state index in [0.717, 1.165) is 12.1 Å². The van der Waals surface area contributed by atoms with Crippen molar-refractivity contribution in [2.75, 3.05) is 26.3 Å². The maximum Gasteiger partial charge on any atom is 0.243 e. The van der Waals surface area contributed by atoms with Gasteiger partial charge in [0, 0.05) is 19.7 Å². The van der Waals surface area contributed by atoms with Crippen molar-refractivity contribution in [2.45, 2.75) is 11.3 Å². The van der Waals surface area contributed by atoms with Crippen LogP contribution >= 0.6 is 11.6 Å². The average molecular weight is 294 g/mol. The van der Waals surface area contributed by atoms with Gasteiger partial charge in [0.05, 0.1) is 16.5 Å². The van der Waals surface area contributed by atoms with Crippen molar-refractivity contribution in [1.82, 2.24) is 4.31 Å². The SMILES string of the molecule is O=S(=O)(c1ccc(F)c(Cl)c1)N1CCCOCC1. The van der Waals surface area contributed by atoms with E-state index in [2.05, 4.69) is 0 Å². The van der Waals surface area contributed by atoms with E-state index in [-0.39, 0.29) is 9.92 Å². The Morgan fingerprint density at radius 1 is 1.28 bits per heavy atom. The highest BCUT2D eigenvalue weighted by Crippen LogP contribution is 2.22. The molecule has 0 saturated carbocycles. The van der Waals surface area contributed by atoms with Crippen molar-refractivity contribution >= 4 is 21.6 Å². The van der Waals surface area contributed by atoms with Crippen LogP contribution in [0.2, 0.25) is 5.02 Å². The third-order valence-electron chi connectivity index (χ3n) is 2.71. The molecule has 0 bridgehead atoms. The Morgan fingerprint density at radius 3 is 2.78 bits per heavy atom. The van der Waals surface area contributed by atoms with E-state index in [1.54, 1.807) is 0 Å². The van der Waals surface area contributed by atoms with Crippen LogP contribution in [0.15, 0.2) is 23.1 Å². The van der Waals surface area contributed by atoms with Crippen molar-refractivity contribution in [1.29, 1.82) is 0 Å². The number of benzene rings is 1. The Balaban J connectivity index is 2.31. The second kappa shape index (κ2) is 5.52. The minimum absolute atomic E-state index is 0.0100. The summed E-state index contributed by atoms with van der Waals surface area (Å²) in [5.41, 5.74) is 0. The average Bonchev–Trinajstić information content (AvgIpc) is 2.61. The molecule has 1 aliphatic heterocycles. The van der Waals surface area contributed by atoms with Gasteiger partial charge in [0.15, 0.2) is 0 Å². The van der Waals surface area contributed by atoms with Crippen LogP contribution < -0.4 is 0 Å². The Labute approximate surface area is 110 Å². The quantitative estimate of drug-likeness (QED) is 0.836. The lowest BCUT2D eigenvalue weighted by atomic mass is 10.3. The van der Waals surface area contributed by atoms with E-state index >= 15 is 0 Å². The number of halogens is 2. The van der Waals surface area contributed by atoms with Gasteiger partial charge in [-0.05, 0) is 24.6 Å². The summed E-state index contributed by atoms with van der Waals surface area (Å²) in [7, 11) is -3.62. The van der Waals surface area contributed by atoms with Crippen LogP contribution in [0.3, 0.4) is 0 Å². The molecule has 1 fully saturated rings. The van der Waals surface area contributed by atoms with Crippen LogP contribution in [0, 0.1) is 5.82 Å². The van der Waals surface area contributed by atoms with E-state index < -0.39 is 15.8 Å². The first-order chi connectivity index (χ1) is 8.51. The highest BCUT2D eigenvalue weighted by molar-refractivity contribution is 7.89. The molecule has 7 heteroatoms. The molecule has 4 nitrogen and oxygen atoms in total. The first-order valence-electron chi connectivity index (χ1n) is 5.55. The van der Waals surface area contributed by atoms with Crippen molar-refractivity contribution in [3.63, 3.8) is 0 Å². The van der Waals surface area contributed by atoms with E-state index in [9.17, 15) is 12.8 Å². The molecule has 1 aromatic rings. The normalized spacial score (nSPS) is 18.6. The molecule has 0 atom stereocenters. The van der Waals surface area contributed by atoms with Gasteiger partial charge in [-0.1, -0.05) is 11.6 Å². The van der Waals surface area contributed by atoms with Gasteiger partial charge in [-0.25, -0.2) is 12.8 Å². The zero-order chi connectivity index (χ0) is 13.2. The molecule has 0 aromatic heterocycles. The number of hydrogen-bond donors (Lipinski definition) is 0. The molecule has 1 aliphatic rings. The molecule has 100 valence electrons. The molecule has 0 unspecified atom stereocenters. The molecule has 0 amide bonds. The summed E-state index contributed by atoms with van der Waals surface area (Å²) in [6.07, 6.45) is 0.647. The van der Waals surface area contributed by atoms with Gasteiger partial charge in [0.2, 0.25) is 10.0 Å². The largest absolute Gasteiger partial charge is 0.380 e. The minimum atomic E-state index is -3.62. The van der Waals surface area contributed by atoms with Gasteiger partial charge in [0.1, 0.15) is 5.82 Å². The molecule has 0 aliphatic carbocycles.